The summed E-state index contributed by atoms with van der Waals surface area (Å²) in [6.45, 7) is 4.47. The van der Waals surface area contributed by atoms with E-state index in [2.05, 4.69) is 24.0 Å². The van der Waals surface area contributed by atoms with Crippen LogP contribution in [0.3, 0.4) is 0 Å². The number of ether oxygens (including phenoxy) is 2. The SMILES string of the molecule is CC1C2=C(C=CC1Oc1ccccc1)N=C(N)N([C@@H](CCC(=O)N(C)C1CCCCC1)C1CCOCC1)C2. The molecule has 206 valence electrons. The van der Waals surface area contributed by atoms with Crippen LogP contribution in [0.2, 0.25) is 0 Å². The molecule has 2 aliphatic heterocycles. The molecule has 2 unspecified atom stereocenters. The van der Waals surface area contributed by atoms with E-state index in [1.165, 1.54) is 24.8 Å². The molecule has 38 heavy (non-hydrogen) atoms. The van der Waals surface area contributed by atoms with Crippen molar-refractivity contribution >= 4 is 11.9 Å². The van der Waals surface area contributed by atoms with E-state index in [1.54, 1.807) is 0 Å². The number of nitrogens with zero attached hydrogens (tertiary/aromatic N) is 3. The summed E-state index contributed by atoms with van der Waals surface area (Å²) in [7, 11) is 2.00. The van der Waals surface area contributed by atoms with Gasteiger partial charge in [0.15, 0.2) is 5.96 Å². The third-order valence-corrected chi connectivity index (χ3v) is 9.08. The number of nitrogens with two attached hydrogens (primary N) is 1. The summed E-state index contributed by atoms with van der Waals surface area (Å²) in [5.74, 6) is 2.29. The Bertz CT molecular complexity index is 1040. The maximum Gasteiger partial charge on any atom is 0.222 e. The summed E-state index contributed by atoms with van der Waals surface area (Å²) in [4.78, 5) is 22.4. The van der Waals surface area contributed by atoms with E-state index in [0.717, 1.165) is 63.3 Å². The second-order valence-electron chi connectivity index (χ2n) is 11.4. The van der Waals surface area contributed by atoms with Crippen molar-refractivity contribution in [2.24, 2.45) is 22.6 Å². The van der Waals surface area contributed by atoms with Crippen molar-refractivity contribution in [1.29, 1.82) is 0 Å². The molecule has 0 bridgehead atoms. The number of carbonyl (C=O) groups is 1. The van der Waals surface area contributed by atoms with Gasteiger partial charge in [0.25, 0.3) is 0 Å². The number of hydrogen-bond donors (Lipinski definition) is 1. The quantitative estimate of drug-likeness (QED) is 0.528. The average molecular weight is 521 g/mol. The number of amides is 1. The summed E-state index contributed by atoms with van der Waals surface area (Å²) >= 11 is 0. The zero-order chi connectivity index (χ0) is 26.5. The molecule has 0 aromatic heterocycles. The molecule has 1 saturated heterocycles. The van der Waals surface area contributed by atoms with Crippen LogP contribution in [-0.4, -0.2) is 66.7 Å². The second kappa shape index (κ2) is 12.4. The minimum absolute atomic E-state index is 0.0558. The molecule has 5 rings (SSSR count). The monoisotopic (exact) mass is 520 g/mol. The van der Waals surface area contributed by atoms with Gasteiger partial charge in [0.1, 0.15) is 11.9 Å². The van der Waals surface area contributed by atoms with Crippen molar-refractivity contribution in [2.75, 3.05) is 26.8 Å². The first-order valence-electron chi connectivity index (χ1n) is 14.6. The van der Waals surface area contributed by atoms with E-state index < -0.39 is 0 Å². The number of hydrogen-bond acceptors (Lipinski definition) is 6. The predicted octanol–water partition coefficient (Wildman–Crippen LogP) is 4.89. The van der Waals surface area contributed by atoms with E-state index in [9.17, 15) is 4.79 Å². The maximum atomic E-state index is 13.3. The molecule has 4 aliphatic rings. The lowest BCUT2D eigenvalue weighted by molar-refractivity contribution is -0.133. The topological polar surface area (TPSA) is 80.4 Å². The molecule has 0 spiro atoms. The van der Waals surface area contributed by atoms with Crippen molar-refractivity contribution < 1.29 is 14.3 Å². The molecule has 3 atom stereocenters. The van der Waals surface area contributed by atoms with Crippen LogP contribution in [0.15, 0.2) is 58.7 Å². The maximum absolute atomic E-state index is 13.3. The largest absolute Gasteiger partial charge is 0.486 e. The summed E-state index contributed by atoms with van der Waals surface area (Å²) in [6, 6.07) is 10.5. The molecule has 1 amide bonds. The Balaban J connectivity index is 1.29. The van der Waals surface area contributed by atoms with Gasteiger partial charge in [0.05, 0.1) is 5.70 Å². The fourth-order valence-corrected chi connectivity index (χ4v) is 6.63. The molecule has 0 radical (unpaired) electrons. The van der Waals surface area contributed by atoms with Crippen molar-refractivity contribution in [2.45, 2.75) is 82.9 Å². The number of benzene rings is 1. The highest BCUT2D eigenvalue weighted by Crippen LogP contribution is 2.35. The van der Waals surface area contributed by atoms with Crippen LogP contribution < -0.4 is 10.5 Å². The van der Waals surface area contributed by atoms with Crippen LogP contribution in [0.5, 0.6) is 5.75 Å². The fraction of sp³-hybridized carbons (Fsp3) is 0.613. The van der Waals surface area contributed by atoms with Gasteiger partial charge in [-0.25, -0.2) is 4.99 Å². The minimum atomic E-state index is -0.0558. The lowest BCUT2D eigenvalue weighted by Gasteiger charge is -2.43. The van der Waals surface area contributed by atoms with Gasteiger partial charge in [-0.05, 0) is 67.9 Å². The van der Waals surface area contributed by atoms with Crippen molar-refractivity contribution in [3.8, 4) is 5.75 Å². The third-order valence-electron chi connectivity index (χ3n) is 9.08. The Hall–Kier alpha value is -2.80. The number of aliphatic imine (C=N–C) groups is 1. The first kappa shape index (κ1) is 26.8. The van der Waals surface area contributed by atoms with Gasteiger partial charge in [-0.15, -0.1) is 0 Å². The van der Waals surface area contributed by atoms with Gasteiger partial charge >= 0.3 is 0 Å². The van der Waals surface area contributed by atoms with Crippen LogP contribution in [0.4, 0.5) is 0 Å². The Kier molecular flexibility index (Phi) is 8.72. The van der Waals surface area contributed by atoms with Gasteiger partial charge < -0.3 is 25.0 Å². The highest BCUT2D eigenvalue weighted by Gasteiger charge is 2.37. The van der Waals surface area contributed by atoms with Crippen molar-refractivity contribution in [3.63, 3.8) is 0 Å². The van der Waals surface area contributed by atoms with Crippen LogP contribution in [0, 0.1) is 11.8 Å². The van der Waals surface area contributed by atoms with E-state index in [0.29, 0.717) is 24.3 Å². The standard InChI is InChI=1S/C31H44N4O3/c1-22-26-21-35(31(32)33-27(26)13-15-29(22)38-25-11-7-4-8-12-25)28(23-17-19-37-20-18-23)14-16-30(36)34(2)24-9-5-3-6-10-24/h4,7-8,11-13,15,22-24,28-29H,3,5-6,9-10,14,16-21H2,1-2H3,(H2,32,33)/t22?,28-,29?/m0/s1. The summed E-state index contributed by atoms with van der Waals surface area (Å²) in [6.07, 6.45) is 13.4. The molecule has 2 aliphatic carbocycles. The van der Waals surface area contributed by atoms with Gasteiger partial charge in [-0.3, -0.25) is 4.79 Å². The van der Waals surface area contributed by atoms with Crippen LogP contribution in [-0.2, 0) is 9.53 Å². The van der Waals surface area contributed by atoms with Gasteiger partial charge in [-0.2, -0.15) is 0 Å². The number of guanidine groups is 1. The fourth-order valence-electron chi connectivity index (χ4n) is 6.63. The molecule has 1 aromatic rings. The predicted molar refractivity (Wildman–Crippen MR) is 151 cm³/mol. The Morgan fingerprint density at radius 3 is 2.63 bits per heavy atom. The highest BCUT2D eigenvalue weighted by molar-refractivity contribution is 5.82. The number of rotatable bonds is 8. The van der Waals surface area contributed by atoms with E-state index in [-0.39, 0.29) is 24.0 Å². The number of allylic oxidation sites excluding steroid dienone is 1. The first-order chi connectivity index (χ1) is 18.5. The molecular weight excluding hydrogens is 476 g/mol. The summed E-state index contributed by atoms with van der Waals surface area (Å²) < 4.78 is 12.0. The second-order valence-corrected chi connectivity index (χ2v) is 11.4. The Morgan fingerprint density at radius 1 is 1.16 bits per heavy atom. The molecule has 1 aromatic carbocycles. The number of carbonyl (C=O) groups excluding carboxylic acids is 1. The smallest absolute Gasteiger partial charge is 0.222 e. The molecule has 7 nitrogen and oxygen atoms in total. The van der Waals surface area contributed by atoms with Crippen molar-refractivity contribution in [3.05, 3.63) is 53.8 Å². The first-order valence-corrected chi connectivity index (χ1v) is 14.6. The average Bonchev–Trinajstić information content (AvgIpc) is 2.96. The normalized spacial score (nSPS) is 25.5. The summed E-state index contributed by atoms with van der Waals surface area (Å²) in [5, 5.41) is 0. The lowest BCUT2D eigenvalue weighted by atomic mass is 9.84. The number of para-hydroxylation sites is 1. The van der Waals surface area contributed by atoms with E-state index >= 15 is 0 Å². The van der Waals surface area contributed by atoms with E-state index in [4.69, 9.17) is 20.2 Å². The third kappa shape index (κ3) is 6.09. The highest BCUT2D eigenvalue weighted by atomic mass is 16.5. The van der Waals surface area contributed by atoms with Crippen LogP contribution in [0.1, 0.15) is 64.7 Å². The molecule has 2 N–H and O–H groups in total. The lowest BCUT2D eigenvalue weighted by Crippen LogP contribution is -2.53. The van der Waals surface area contributed by atoms with Crippen molar-refractivity contribution in [1.82, 2.24) is 9.80 Å². The van der Waals surface area contributed by atoms with Crippen LogP contribution >= 0.6 is 0 Å². The van der Waals surface area contributed by atoms with Crippen LogP contribution in [0.25, 0.3) is 0 Å². The minimum Gasteiger partial charge on any atom is -0.486 e. The molecule has 7 heteroatoms. The zero-order valence-electron chi connectivity index (χ0n) is 23.1. The molecule has 1 saturated carbocycles. The Labute approximate surface area is 227 Å². The van der Waals surface area contributed by atoms with Gasteiger partial charge in [-0.1, -0.05) is 44.4 Å². The molecule has 2 heterocycles. The molecule has 2 fully saturated rings. The Morgan fingerprint density at radius 2 is 1.89 bits per heavy atom. The van der Waals surface area contributed by atoms with Gasteiger partial charge in [0.2, 0.25) is 5.91 Å². The van der Waals surface area contributed by atoms with E-state index in [1.807, 2.05) is 42.3 Å². The molecular formula is C31H44N4O3. The van der Waals surface area contributed by atoms with Gasteiger partial charge in [0, 0.05) is 51.2 Å². The summed E-state index contributed by atoms with van der Waals surface area (Å²) in [5.41, 5.74) is 8.84. The zero-order valence-corrected chi connectivity index (χ0v) is 23.1.